The van der Waals surface area contributed by atoms with Crippen molar-refractivity contribution in [1.29, 1.82) is 0 Å². The Morgan fingerprint density at radius 2 is 2.00 bits per heavy atom. The Bertz CT molecular complexity index is 1040. The highest BCUT2D eigenvalue weighted by Crippen LogP contribution is 2.31. The van der Waals surface area contributed by atoms with Gasteiger partial charge in [-0.05, 0) is 43.7 Å². The van der Waals surface area contributed by atoms with E-state index in [2.05, 4.69) is 33.6 Å². The van der Waals surface area contributed by atoms with E-state index >= 15 is 0 Å². The predicted octanol–water partition coefficient (Wildman–Crippen LogP) is 4.48. The number of benzene rings is 1. The number of halogens is 1. The largest absolute Gasteiger partial charge is 0.493 e. The number of anilines is 1. The summed E-state index contributed by atoms with van der Waals surface area (Å²) in [5, 5.41) is 10.2. The molecule has 5 nitrogen and oxygen atoms in total. The number of hydrogen-bond donors (Lipinski definition) is 2. The van der Waals surface area contributed by atoms with Gasteiger partial charge in [-0.2, -0.15) is 0 Å². The van der Waals surface area contributed by atoms with Crippen LogP contribution in [0.2, 0.25) is 0 Å². The molecule has 0 radical (unpaired) electrons. The second-order valence-electron chi connectivity index (χ2n) is 7.06. The monoisotopic (exact) mass is 414 g/mol. The van der Waals surface area contributed by atoms with Crippen LogP contribution in [-0.4, -0.2) is 34.5 Å². The van der Waals surface area contributed by atoms with Gasteiger partial charge in [-0.15, -0.1) is 0 Å². The van der Waals surface area contributed by atoms with E-state index in [0.717, 1.165) is 28.0 Å². The number of pyridine rings is 1. The maximum absolute atomic E-state index is 14.3. The highest BCUT2D eigenvalue weighted by atomic mass is 32.2. The highest BCUT2D eigenvalue weighted by Gasteiger charge is 2.18. The van der Waals surface area contributed by atoms with Gasteiger partial charge in [0.25, 0.3) is 0 Å². The smallest absolute Gasteiger partial charge is 0.214 e. The van der Waals surface area contributed by atoms with Crippen LogP contribution in [0.5, 0.6) is 5.88 Å². The molecule has 1 aromatic carbocycles. The lowest BCUT2D eigenvalue weighted by molar-refractivity contribution is 0.451. The number of aryl methyl sites for hydroxylation is 1. The van der Waals surface area contributed by atoms with Crippen LogP contribution in [-0.2, 0) is 13.0 Å². The molecule has 0 saturated heterocycles. The van der Waals surface area contributed by atoms with Gasteiger partial charge in [0.1, 0.15) is 5.83 Å². The summed E-state index contributed by atoms with van der Waals surface area (Å²) in [5.41, 5.74) is 11.8. The number of aromatic nitrogens is 2. The zero-order valence-corrected chi connectivity index (χ0v) is 18.1. The van der Waals surface area contributed by atoms with Gasteiger partial charge in [-0.25, -0.2) is 9.37 Å². The molecule has 7 heteroatoms. The number of allylic oxidation sites excluding steroid dienone is 1. The highest BCUT2D eigenvalue weighted by molar-refractivity contribution is 7.99. The Kier molecular flexibility index (Phi) is 6.49. The van der Waals surface area contributed by atoms with E-state index in [1.54, 1.807) is 18.9 Å². The minimum Gasteiger partial charge on any atom is -0.493 e. The Balaban J connectivity index is 2.06. The van der Waals surface area contributed by atoms with Crippen LogP contribution in [0.4, 0.5) is 10.1 Å². The minimum atomic E-state index is -0.283. The average Bonchev–Trinajstić information content (AvgIpc) is 2.94. The third-order valence-electron chi connectivity index (χ3n) is 5.19. The molecule has 0 bridgehead atoms. The lowest BCUT2D eigenvalue weighted by atomic mass is 10.0. The molecular formula is C22H27FN4OS. The second kappa shape index (κ2) is 8.88. The van der Waals surface area contributed by atoms with Gasteiger partial charge in [-0.3, -0.25) is 0 Å². The van der Waals surface area contributed by atoms with Crippen molar-refractivity contribution in [3.63, 3.8) is 0 Å². The molecule has 29 heavy (non-hydrogen) atoms. The third kappa shape index (κ3) is 4.41. The molecule has 3 aromatic rings. The van der Waals surface area contributed by atoms with Crippen molar-refractivity contribution in [3.8, 4) is 5.88 Å². The van der Waals surface area contributed by atoms with Gasteiger partial charge < -0.3 is 19.7 Å². The molecular weight excluding hydrogens is 387 g/mol. The first-order chi connectivity index (χ1) is 13.8. The fourth-order valence-electron chi connectivity index (χ4n) is 3.42. The van der Waals surface area contributed by atoms with E-state index in [0.29, 0.717) is 17.5 Å². The maximum Gasteiger partial charge on any atom is 0.214 e. The zero-order chi connectivity index (χ0) is 21.1. The van der Waals surface area contributed by atoms with Gasteiger partial charge in [0, 0.05) is 48.8 Å². The topological polar surface area (TPSA) is 67.3 Å². The van der Waals surface area contributed by atoms with Crippen molar-refractivity contribution in [3.05, 3.63) is 64.6 Å². The second-order valence-corrected chi connectivity index (χ2v) is 7.97. The summed E-state index contributed by atoms with van der Waals surface area (Å²) < 4.78 is 18.2. The van der Waals surface area contributed by atoms with Crippen LogP contribution in [0.15, 0.2) is 42.2 Å². The average molecular weight is 415 g/mol. The third-order valence-corrected chi connectivity index (χ3v) is 5.95. The van der Waals surface area contributed by atoms with Crippen molar-refractivity contribution >= 4 is 28.7 Å². The standard InChI is InChI=1S/C22H27FN4OS/c1-14-11-20-21(25-22(14)28)19(15(2)27(20)13-17(23)9-10-24)12-16-5-7-18(8-6-16)26(3)29-4/h5-9,11H,10,12-13,24H2,1-4H3,(H,25,28)/b17-9-. The van der Waals surface area contributed by atoms with Crippen molar-refractivity contribution in [1.82, 2.24) is 9.55 Å². The zero-order valence-electron chi connectivity index (χ0n) is 17.2. The fraction of sp³-hybridized carbons (Fsp3) is 0.318. The Hall–Kier alpha value is -2.51. The number of fused-ring (bicyclic) bond motifs is 1. The minimum absolute atomic E-state index is 0.00538. The maximum atomic E-state index is 14.3. The quantitative estimate of drug-likeness (QED) is 0.558. The van der Waals surface area contributed by atoms with Crippen molar-refractivity contribution in [2.24, 2.45) is 5.73 Å². The Labute approximate surface area is 175 Å². The summed E-state index contributed by atoms with van der Waals surface area (Å²) in [7, 11) is 2.02. The van der Waals surface area contributed by atoms with Gasteiger partial charge >= 0.3 is 0 Å². The summed E-state index contributed by atoms with van der Waals surface area (Å²) >= 11 is 1.65. The van der Waals surface area contributed by atoms with Gasteiger partial charge in [0.2, 0.25) is 5.88 Å². The molecule has 154 valence electrons. The van der Waals surface area contributed by atoms with E-state index in [9.17, 15) is 9.50 Å². The lowest BCUT2D eigenvalue weighted by Crippen LogP contribution is -2.05. The first-order valence-corrected chi connectivity index (χ1v) is 10.6. The van der Waals surface area contributed by atoms with Crippen LogP contribution in [0.3, 0.4) is 0 Å². The predicted molar refractivity (Wildman–Crippen MR) is 120 cm³/mol. The SMILES string of the molecule is CSN(C)c1ccc(Cc2c(C)n(C/C(F)=C/CN)c3cc(C)c(O)nc23)cc1. The van der Waals surface area contributed by atoms with Gasteiger partial charge in [-0.1, -0.05) is 24.1 Å². The van der Waals surface area contributed by atoms with Gasteiger partial charge in [0.05, 0.1) is 17.6 Å². The van der Waals surface area contributed by atoms with Crippen LogP contribution < -0.4 is 10.0 Å². The first-order valence-electron chi connectivity index (χ1n) is 9.45. The molecule has 2 aromatic heterocycles. The molecule has 2 heterocycles. The first kappa shape index (κ1) is 21.2. The van der Waals surface area contributed by atoms with E-state index < -0.39 is 0 Å². The number of rotatable bonds is 7. The lowest BCUT2D eigenvalue weighted by Gasteiger charge is -2.15. The molecule has 0 spiro atoms. The summed E-state index contributed by atoms with van der Waals surface area (Å²) in [5.74, 6) is -0.278. The molecule has 0 fully saturated rings. The van der Waals surface area contributed by atoms with Crippen LogP contribution in [0.1, 0.15) is 22.4 Å². The Morgan fingerprint density at radius 1 is 1.31 bits per heavy atom. The molecule has 3 rings (SSSR count). The van der Waals surface area contributed by atoms with E-state index in [1.165, 1.54) is 6.08 Å². The molecule has 3 N–H and O–H groups in total. The molecule has 0 saturated carbocycles. The molecule has 0 aliphatic carbocycles. The van der Waals surface area contributed by atoms with E-state index in [4.69, 9.17) is 5.73 Å². The van der Waals surface area contributed by atoms with Crippen LogP contribution >= 0.6 is 11.9 Å². The fourth-order valence-corrected chi connectivity index (χ4v) is 3.76. The van der Waals surface area contributed by atoms with Crippen LogP contribution in [0, 0.1) is 13.8 Å². The molecule has 0 amide bonds. The summed E-state index contributed by atoms with van der Waals surface area (Å²) in [6.07, 6.45) is 4.06. The van der Waals surface area contributed by atoms with Crippen molar-refractivity contribution in [2.75, 3.05) is 24.2 Å². The molecule has 0 aliphatic rings. The number of aromatic hydroxyl groups is 1. The number of nitrogens with zero attached hydrogens (tertiary/aromatic N) is 3. The molecule has 0 atom stereocenters. The van der Waals surface area contributed by atoms with Crippen LogP contribution in [0.25, 0.3) is 11.0 Å². The summed E-state index contributed by atoms with van der Waals surface area (Å²) in [6, 6.07) is 10.2. The number of hydrogen-bond acceptors (Lipinski definition) is 5. The normalized spacial score (nSPS) is 12.0. The molecule has 0 aliphatic heterocycles. The van der Waals surface area contributed by atoms with E-state index in [-0.39, 0.29) is 24.8 Å². The van der Waals surface area contributed by atoms with E-state index in [1.807, 2.05) is 30.9 Å². The Morgan fingerprint density at radius 3 is 2.62 bits per heavy atom. The van der Waals surface area contributed by atoms with Gasteiger partial charge in [0.15, 0.2) is 0 Å². The molecule has 0 unspecified atom stereocenters. The summed E-state index contributed by atoms with van der Waals surface area (Å²) in [4.78, 5) is 4.42. The van der Waals surface area contributed by atoms with Crippen molar-refractivity contribution < 1.29 is 9.50 Å². The summed E-state index contributed by atoms with van der Waals surface area (Å²) in [6.45, 7) is 4.02. The number of nitrogens with two attached hydrogens (primary N) is 1. The van der Waals surface area contributed by atoms with Crippen molar-refractivity contribution in [2.45, 2.75) is 26.8 Å².